The monoisotopic (exact) mass is 348 g/mol. The van der Waals surface area contributed by atoms with Gasteiger partial charge in [0.05, 0.1) is 11.9 Å². The Morgan fingerprint density at radius 3 is 2.67 bits per heavy atom. The molecule has 0 fully saturated rings. The van der Waals surface area contributed by atoms with Crippen LogP contribution in [0.3, 0.4) is 0 Å². The third-order valence-corrected chi connectivity index (χ3v) is 4.34. The van der Waals surface area contributed by atoms with E-state index in [9.17, 15) is 14.3 Å². The standard InChI is InChI=1S/C16H17FN4O2S/c1-9(2)7-12(14(22)23)18-15-20-21-8-13(19-16(21)24-15)10-3-5-11(17)6-4-10/h3-6,8-9,12H,7H2,1-2H3,(H,18,20)(H,22,23). The molecular formula is C16H17FN4O2S. The maximum atomic E-state index is 13.0. The molecule has 126 valence electrons. The van der Waals surface area contributed by atoms with Gasteiger partial charge in [0.1, 0.15) is 11.9 Å². The van der Waals surface area contributed by atoms with Gasteiger partial charge in [-0.25, -0.2) is 18.7 Å². The Morgan fingerprint density at radius 2 is 2.08 bits per heavy atom. The van der Waals surface area contributed by atoms with Gasteiger partial charge in [-0.05, 0) is 36.6 Å². The number of carbonyl (C=O) groups is 1. The summed E-state index contributed by atoms with van der Waals surface area (Å²) in [6, 6.07) is 5.39. The average Bonchev–Trinajstić information content (AvgIpc) is 3.05. The summed E-state index contributed by atoms with van der Waals surface area (Å²) in [5, 5.41) is 17.1. The molecule has 24 heavy (non-hydrogen) atoms. The molecule has 0 bridgehead atoms. The number of rotatable bonds is 6. The predicted octanol–water partition coefficient (Wildman–Crippen LogP) is 3.51. The van der Waals surface area contributed by atoms with Crippen molar-refractivity contribution in [3.8, 4) is 11.3 Å². The molecular weight excluding hydrogens is 331 g/mol. The van der Waals surface area contributed by atoms with Crippen LogP contribution in [0.5, 0.6) is 0 Å². The van der Waals surface area contributed by atoms with Gasteiger partial charge in [0.25, 0.3) is 0 Å². The summed E-state index contributed by atoms with van der Waals surface area (Å²) < 4.78 is 14.6. The van der Waals surface area contributed by atoms with Crippen molar-refractivity contribution < 1.29 is 14.3 Å². The molecule has 0 spiro atoms. The Labute approximate surface area is 142 Å². The zero-order valence-electron chi connectivity index (χ0n) is 13.2. The number of carboxylic acids is 1. The third-order valence-electron chi connectivity index (χ3n) is 3.49. The van der Waals surface area contributed by atoms with Crippen LogP contribution in [0.1, 0.15) is 20.3 Å². The van der Waals surface area contributed by atoms with Gasteiger partial charge in [0, 0.05) is 5.56 Å². The summed E-state index contributed by atoms with van der Waals surface area (Å²) in [6.07, 6.45) is 2.25. The first kappa shape index (κ1) is 16.4. The summed E-state index contributed by atoms with van der Waals surface area (Å²) in [5.41, 5.74) is 1.49. The highest BCUT2D eigenvalue weighted by atomic mass is 32.1. The highest BCUT2D eigenvalue weighted by molar-refractivity contribution is 7.20. The second kappa shape index (κ2) is 6.56. The van der Waals surface area contributed by atoms with E-state index in [-0.39, 0.29) is 11.7 Å². The highest BCUT2D eigenvalue weighted by Gasteiger charge is 2.20. The molecule has 3 aromatic rings. The van der Waals surface area contributed by atoms with Gasteiger partial charge in [0.15, 0.2) is 0 Å². The second-order valence-electron chi connectivity index (χ2n) is 5.93. The number of halogens is 1. The Hall–Kier alpha value is -2.48. The fraction of sp³-hybridized carbons (Fsp3) is 0.312. The van der Waals surface area contributed by atoms with E-state index >= 15 is 0 Å². The molecule has 8 heteroatoms. The van der Waals surface area contributed by atoms with Crippen LogP contribution in [-0.4, -0.2) is 31.7 Å². The molecule has 6 nitrogen and oxygen atoms in total. The summed E-state index contributed by atoms with van der Waals surface area (Å²) >= 11 is 1.28. The topological polar surface area (TPSA) is 79.5 Å². The molecule has 1 aromatic carbocycles. The van der Waals surface area contributed by atoms with Crippen molar-refractivity contribution in [2.45, 2.75) is 26.3 Å². The number of nitrogens with zero attached hydrogens (tertiary/aromatic N) is 3. The van der Waals surface area contributed by atoms with Crippen molar-refractivity contribution in [2.24, 2.45) is 5.92 Å². The Morgan fingerprint density at radius 1 is 1.38 bits per heavy atom. The molecule has 0 radical (unpaired) electrons. The van der Waals surface area contributed by atoms with E-state index in [1.165, 1.54) is 23.5 Å². The number of aliphatic carboxylic acids is 1. The van der Waals surface area contributed by atoms with Crippen molar-refractivity contribution >= 4 is 27.4 Å². The van der Waals surface area contributed by atoms with Gasteiger partial charge in [-0.3, -0.25) is 0 Å². The molecule has 2 N–H and O–H groups in total. The van der Waals surface area contributed by atoms with Crippen LogP contribution in [-0.2, 0) is 4.79 Å². The van der Waals surface area contributed by atoms with Crippen molar-refractivity contribution in [2.75, 3.05) is 5.32 Å². The van der Waals surface area contributed by atoms with E-state index in [0.29, 0.717) is 22.2 Å². The van der Waals surface area contributed by atoms with Crippen LogP contribution >= 0.6 is 11.3 Å². The van der Waals surface area contributed by atoms with Crippen LogP contribution in [0.4, 0.5) is 9.52 Å². The molecule has 0 saturated carbocycles. The smallest absolute Gasteiger partial charge is 0.326 e. The number of hydrogen-bond acceptors (Lipinski definition) is 5. The summed E-state index contributed by atoms with van der Waals surface area (Å²) in [6.45, 7) is 3.95. The average molecular weight is 348 g/mol. The second-order valence-corrected chi connectivity index (χ2v) is 6.89. The lowest BCUT2D eigenvalue weighted by atomic mass is 10.0. The minimum absolute atomic E-state index is 0.257. The van der Waals surface area contributed by atoms with E-state index in [1.807, 2.05) is 13.8 Å². The molecule has 0 amide bonds. The number of aromatic nitrogens is 3. The molecule has 0 saturated heterocycles. The van der Waals surface area contributed by atoms with Gasteiger partial charge in [-0.2, -0.15) is 0 Å². The SMILES string of the molecule is CC(C)CC(Nc1nn2cc(-c3ccc(F)cc3)nc2s1)C(=O)O. The van der Waals surface area contributed by atoms with E-state index in [1.54, 1.807) is 22.8 Å². The van der Waals surface area contributed by atoms with Crippen molar-refractivity contribution in [3.63, 3.8) is 0 Å². The van der Waals surface area contributed by atoms with E-state index in [0.717, 1.165) is 5.56 Å². The fourth-order valence-electron chi connectivity index (χ4n) is 2.36. The Bertz CT molecular complexity index is 825. The third kappa shape index (κ3) is 3.53. The zero-order valence-corrected chi connectivity index (χ0v) is 14.0. The lowest BCUT2D eigenvalue weighted by Gasteiger charge is -2.15. The van der Waals surface area contributed by atoms with E-state index in [4.69, 9.17) is 0 Å². The molecule has 0 aliphatic rings. The normalized spacial score (nSPS) is 12.7. The lowest BCUT2D eigenvalue weighted by Crippen LogP contribution is -2.30. The maximum Gasteiger partial charge on any atom is 0.326 e. The first-order valence-corrected chi connectivity index (χ1v) is 8.35. The number of anilines is 1. The van der Waals surface area contributed by atoms with Crippen LogP contribution in [0, 0.1) is 11.7 Å². The van der Waals surface area contributed by atoms with E-state index in [2.05, 4.69) is 15.4 Å². The van der Waals surface area contributed by atoms with E-state index < -0.39 is 12.0 Å². The molecule has 1 atom stereocenters. The van der Waals surface area contributed by atoms with Crippen LogP contribution in [0.15, 0.2) is 30.5 Å². The van der Waals surface area contributed by atoms with Crippen LogP contribution in [0.2, 0.25) is 0 Å². The zero-order chi connectivity index (χ0) is 17.3. The highest BCUT2D eigenvalue weighted by Crippen LogP contribution is 2.25. The summed E-state index contributed by atoms with van der Waals surface area (Å²) in [7, 11) is 0. The van der Waals surface area contributed by atoms with Gasteiger partial charge in [0.2, 0.25) is 10.1 Å². The fourth-order valence-corrected chi connectivity index (χ4v) is 3.19. The van der Waals surface area contributed by atoms with Gasteiger partial charge >= 0.3 is 5.97 Å². The van der Waals surface area contributed by atoms with Crippen molar-refractivity contribution in [1.82, 2.24) is 14.6 Å². The quantitative estimate of drug-likeness (QED) is 0.713. The minimum Gasteiger partial charge on any atom is -0.480 e. The number of fused-ring (bicyclic) bond motifs is 1. The number of nitrogens with one attached hydrogen (secondary N) is 1. The molecule has 3 rings (SSSR count). The first-order chi connectivity index (χ1) is 11.4. The number of hydrogen-bond donors (Lipinski definition) is 2. The number of carboxylic acid groups (broad SMARTS) is 1. The van der Waals surface area contributed by atoms with Crippen LogP contribution < -0.4 is 5.32 Å². The Kier molecular flexibility index (Phi) is 4.48. The number of imidazole rings is 1. The largest absolute Gasteiger partial charge is 0.480 e. The lowest BCUT2D eigenvalue weighted by molar-refractivity contribution is -0.138. The molecule has 2 aromatic heterocycles. The van der Waals surface area contributed by atoms with Gasteiger partial charge in [-0.15, -0.1) is 5.10 Å². The first-order valence-electron chi connectivity index (χ1n) is 7.54. The minimum atomic E-state index is -0.899. The Balaban J connectivity index is 1.81. The van der Waals surface area contributed by atoms with Gasteiger partial charge < -0.3 is 10.4 Å². The predicted molar refractivity (Wildman–Crippen MR) is 90.8 cm³/mol. The summed E-state index contributed by atoms with van der Waals surface area (Å²) in [4.78, 5) is 16.4. The summed E-state index contributed by atoms with van der Waals surface area (Å²) in [5.74, 6) is -0.939. The molecule has 0 aliphatic heterocycles. The van der Waals surface area contributed by atoms with Crippen molar-refractivity contribution in [3.05, 3.63) is 36.3 Å². The van der Waals surface area contributed by atoms with Crippen LogP contribution in [0.25, 0.3) is 16.2 Å². The number of benzene rings is 1. The molecule has 1 unspecified atom stereocenters. The van der Waals surface area contributed by atoms with Crippen molar-refractivity contribution in [1.29, 1.82) is 0 Å². The maximum absolute atomic E-state index is 13.0. The molecule has 2 heterocycles. The van der Waals surface area contributed by atoms with Gasteiger partial charge in [-0.1, -0.05) is 25.2 Å². The molecule has 0 aliphatic carbocycles.